The van der Waals surface area contributed by atoms with Crippen LogP contribution in [0, 0.1) is 0 Å². The molecule has 6 heteroatoms. The van der Waals surface area contributed by atoms with Gasteiger partial charge in [0.2, 0.25) is 0 Å². The zero-order valence-electron chi connectivity index (χ0n) is 16.1. The molecule has 0 saturated heterocycles. The maximum atomic E-state index is 12.7. The van der Waals surface area contributed by atoms with Gasteiger partial charge in [-0.05, 0) is 35.4 Å². The SMILES string of the molecule is O=C(Nc1ccc(C(=O)NCC(c2ccccc2)c2ccccc2)s1)c1ccco1. The Bertz CT molecular complexity index is 1070. The summed E-state index contributed by atoms with van der Waals surface area (Å²) in [4.78, 5) is 25.3. The molecule has 2 heterocycles. The van der Waals surface area contributed by atoms with Crippen LogP contribution in [0.1, 0.15) is 37.3 Å². The van der Waals surface area contributed by atoms with Crippen LogP contribution in [0.2, 0.25) is 0 Å². The van der Waals surface area contributed by atoms with Crippen molar-refractivity contribution >= 4 is 28.2 Å². The fourth-order valence-corrected chi connectivity index (χ4v) is 4.01. The zero-order chi connectivity index (χ0) is 20.8. The quantitative estimate of drug-likeness (QED) is 0.437. The Morgan fingerprint density at radius 1 is 0.800 bits per heavy atom. The van der Waals surface area contributed by atoms with Crippen LogP contribution >= 0.6 is 11.3 Å². The van der Waals surface area contributed by atoms with Crippen LogP contribution in [0.15, 0.2) is 95.6 Å². The molecule has 2 aromatic heterocycles. The lowest BCUT2D eigenvalue weighted by Gasteiger charge is -2.18. The summed E-state index contributed by atoms with van der Waals surface area (Å²) in [5.74, 6) is -0.241. The predicted octanol–water partition coefficient (Wildman–Crippen LogP) is 5.16. The van der Waals surface area contributed by atoms with E-state index < -0.39 is 0 Å². The number of thiophene rings is 1. The normalized spacial score (nSPS) is 10.7. The van der Waals surface area contributed by atoms with E-state index in [0.29, 0.717) is 16.4 Å². The molecular weight excluding hydrogens is 396 g/mol. The lowest BCUT2D eigenvalue weighted by atomic mass is 9.91. The molecule has 0 aliphatic heterocycles. The van der Waals surface area contributed by atoms with Gasteiger partial charge in [0.1, 0.15) is 0 Å². The van der Waals surface area contributed by atoms with Gasteiger partial charge in [0, 0.05) is 12.5 Å². The highest BCUT2D eigenvalue weighted by atomic mass is 32.1. The molecule has 0 saturated carbocycles. The van der Waals surface area contributed by atoms with Gasteiger partial charge in [-0.25, -0.2) is 0 Å². The molecule has 5 nitrogen and oxygen atoms in total. The summed E-state index contributed by atoms with van der Waals surface area (Å²) >= 11 is 1.22. The molecule has 0 aliphatic rings. The van der Waals surface area contributed by atoms with Gasteiger partial charge in [-0.15, -0.1) is 11.3 Å². The van der Waals surface area contributed by atoms with E-state index >= 15 is 0 Å². The Hall–Kier alpha value is -3.64. The summed E-state index contributed by atoms with van der Waals surface area (Å²) in [5.41, 5.74) is 2.28. The number of carbonyl (C=O) groups excluding carboxylic acids is 2. The number of anilines is 1. The lowest BCUT2D eigenvalue weighted by Crippen LogP contribution is -2.28. The molecule has 0 radical (unpaired) electrons. The van der Waals surface area contributed by atoms with Gasteiger partial charge in [0.15, 0.2) is 5.76 Å². The van der Waals surface area contributed by atoms with E-state index in [1.165, 1.54) is 17.6 Å². The molecule has 2 N–H and O–H groups in total. The average molecular weight is 417 g/mol. The van der Waals surface area contributed by atoms with Crippen LogP contribution in [0.25, 0.3) is 0 Å². The smallest absolute Gasteiger partial charge is 0.291 e. The Morgan fingerprint density at radius 2 is 1.47 bits per heavy atom. The molecule has 0 fully saturated rings. The maximum absolute atomic E-state index is 12.7. The monoisotopic (exact) mass is 416 g/mol. The van der Waals surface area contributed by atoms with E-state index in [2.05, 4.69) is 34.9 Å². The average Bonchev–Trinajstić information content (AvgIpc) is 3.48. The van der Waals surface area contributed by atoms with E-state index in [4.69, 9.17) is 4.42 Å². The van der Waals surface area contributed by atoms with E-state index in [1.807, 2.05) is 36.4 Å². The molecule has 0 bridgehead atoms. The Labute approximate surface area is 178 Å². The van der Waals surface area contributed by atoms with Crippen molar-refractivity contribution in [2.24, 2.45) is 0 Å². The third kappa shape index (κ3) is 4.67. The van der Waals surface area contributed by atoms with E-state index in [9.17, 15) is 9.59 Å². The van der Waals surface area contributed by atoms with Gasteiger partial charge in [0.25, 0.3) is 11.8 Å². The first-order chi connectivity index (χ1) is 14.7. The van der Waals surface area contributed by atoms with Crippen molar-refractivity contribution in [3.05, 3.63) is 113 Å². The van der Waals surface area contributed by atoms with Crippen molar-refractivity contribution in [2.45, 2.75) is 5.92 Å². The summed E-state index contributed by atoms with van der Waals surface area (Å²) in [6, 6.07) is 26.9. The molecule has 0 unspecified atom stereocenters. The number of nitrogens with one attached hydrogen (secondary N) is 2. The topological polar surface area (TPSA) is 71.3 Å². The first-order valence-corrected chi connectivity index (χ1v) is 10.3. The van der Waals surface area contributed by atoms with Crippen molar-refractivity contribution in [3.8, 4) is 0 Å². The highest BCUT2D eigenvalue weighted by molar-refractivity contribution is 7.18. The minimum absolute atomic E-state index is 0.0504. The van der Waals surface area contributed by atoms with Gasteiger partial charge in [-0.2, -0.15) is 0 Å². The second-order valence-electron chi connectivity index (χ2n) is 6.68. The molecule has 150 valence electrons. The molecule has 2 aromatic carbocycles. The number of rotatable bonds is 7. The molecule has 4 rings (SSSR count). The largest absolute Gasteiger partial charge is 0.459 e. The molecular formula is C24H20N2O3S. The molecule has 4 aromatic rings. The highest BCUT2D eigenvalue weighted by Crippen LogP contribution is 2.25. The van der Waals surface area contributed by atoms with Gasteiger partial charge in [0.05, 0.1) is 16.1 Å². The molecule has 0 aliphatic carbocycles. The summed E-state index contributed by atoms with van der Waals surface area (Å²) in [6.45, 7) is 0.471. The van der Waals surface area contributed by atoms with Crippen molar-refractivity contribution in [2.75, 3.05) is 11.9 Å². The van der Waals surface area contributed by atoms with Crippen molar-refractivity contribution in [3.63, 3.8) is 0 Å². The summed E-state index contributed by atoms with van der Waals surface area (Å²) < 4.78 is 5.08. The minimum atomic E-state index is -0.345. The second-order valence-corrected chi connectivity index (χ2v) is 7.76. The van der Waals surface area contributed by atoms with E-state index in [1.54, 1.807) is 24.3 Å². The van der Waals surface area contributed by atoms with Crippen LogP contribution in [0.4, 0.5) is 5.00 Å². The Kier molecular flexibility index (Phi) is 6.06. The van der Waals surface area contributed by atoms with E-state index in [0.717, 1.165) is 11.1 Å². The number of amides is 2. The van der Waals surface area contributed by atoms with Gasteiger partial charge >= 0.3 is 0 Å². The molecule has 0 spiro atoms. The number of hydrogen-bond acceptors (Lipinski definition) is 4. The van der Waals surface area contributed by atoms with Crippen molar-refractivity contribution in [1.82, 2.24) is 5.32 Å². The standard InChI is InChI=1S/C24H20N2O3S/c27-23(20-12-7-15-29-20)26-22-14-13-21(30-22)24(28)25-16-19(17-8-3-1-4-9-17)18-10-5-2-6-11-18/h1-15,19H,16H2,(H,25,28)(H,26,27). The zero-order valence-corrected chi connectivity index (χ0v) is 16.9. The van der Waals surface area contributed by atoms with Crippen LogP contribution < -0.4 is 10.6 Å². The molecule has 30 heavy (non-hydrogen) atoms. The number of benzene rings is 2. The number of carbonyl (C=O) groups is 2. The third-order valence-electron chi connectivity index (χ3n) is 4.68. The predicted molar refractivity (Wildman–Crippen MR) is 118 cm³/mol. The third-order valence-corrected chi connectivity index (χ3v) is 5.68. The molecule has 0 atom stereocenters. The van der Waals surface area contributed by atoms with Crippen LogP contribution in [-0.4, -0.2) is 18.4 Å². The number of hydrogen-bond donors (Lipinski definition) is 2. The summed E-state index contributed by atoms with van der Waals surface area (Å²) in [6.07, 6.45) is 1.44. The highest BCUT2D eigenvalue weighted by Gasteiger charge is 2.17. The lowest BCUT2D eigenvalue weighted by molar-refractivity contribution is 0.0955. The van der Waals surface area contributed by atoms with E-state index in [-0.39, 0.29) is 23.5 Å². The van der Waals surface area contributed by atoms with Crippen molar-refractivity contribution in [1.29, 1.82) is 0 Å². The fraction of sp³-hybridized carbons (Fsp3) is 0.0833. The Morgan fingerprint density at radius 3 is 2.07 bits per heavy atom. The minimum Gasteiger partial charge on any atom is -0.459 e. The van der Waals surface area contributed by atoms with Gasteiger partial charge < -0.3 is 15.1 Å². The first kappa shape index (κ1) is 19.7. The van der Waals surface area contributed by atoms with Gasteiger partial charge in [-0.3, -0.25) is 9.59 Å². The van der Waals surface area contributed by atoms with Crippen molar-refractivity contribution < 1.29 is 14.0 Å². The fourth-order valence-electron chi connectivity index (χ4n) is 3.19. The maximum Gasteiger partial charge on any atom is 0.291 e. The van der Waals surface area contributed by atoms with Gasteiger partial charge in [-0.1, -0.05) is 60.7 Å². The Balaban J connectivity index is 1.43. The second kappa shape index (κ2) is 9.24. The summed E-state index contributed by atoms with van der Waals surface area (Å²) in [7, 11) is 0. The van der Waals surface area contributed by atoms with Crippen LogP contribution in [-0.2, 0) is 0 Å². The number of furan rings is 1. The van der Waals surface area contributed by atoms with Crippen LogP contribution in [0.5, 0.6) is 0 Å². The summed E-state index contributed by atoms with van der Waals surface area (Å²) in [5, 5.41) is 6.36. The molecule has 2 amide bonds. The first-order valence-electron chi connectivity index (χ1n) is 9.53. The van der Waals surface area contributed by atoms with Crippen LogP contribution in [0.3, 0.4) is 0 Å².